The smallest absolute Gasteiger partial charge is 0.267 e. The van der Waals surface area contributed by atoms with Crippen LogP contribution in [0.4, 0.5) is 0 Å². The van der Waals surface area contributed by atoms with Crippen molar-refractivity contribution in [3.8, 4) is 0 Å². The largest absolute Gasteiger partial charge is 0.347 e. The molecule has 2 heterocycles. The van der Waals surface area contributed by atoms with Crippen LogP contribution in [0.2, 0.25) is 0 Å². The van der Waals surface area contributed by atoms with Crippen molar-refractivity contribution in [1.82, 2.24) is 20.7 Å². The van der Waals surface area contributed by atoms with Crippen LogP contribution in [0.15, 0.2) is 17.6 Å². The Morgan fingerprint density at radius 3 is 3.00 bits per heavy atom. The van der Waals surface area contributed by atoms with Crippen molar-refractivity contribution in [1.29, 1.82) is 0 Å². The number of rotatable bonds is 3. The van der Waals surface area contributed by atoms with Crippen LogP contribution < -0.4 is 10.7 Å². The van der Waals surface area contributed by atoms with Crippen LogP contribution in [0.5, 0.6) is 0 Å². The molecule has 0 aromatic carbocycles. The fraction of sp³-hybridized carbons (Fsp3) is 0.333. The van der Waals surface area contributed by atoms with Crippen LogP contribution in [0.25, 0.3) is 0 Å². The molecule has 7 heteroatoms. The molecule has 0 fully saturated rings. The second-order valence-corrected chi connectivity index (χ2v) is 3.35. The van der Waals surface area contributed by atoms with Crippen molar-refractivity contribution in [2.75, 3.05) is 0 Å². The highest BCUT2D eigenvalue weighted by Crippen LogP contribution is 2.00. The molecule has 84 valence electrons. The lowest BCUT2D eigenvalue weighted by atomic mass is 10.1. The normalized spacial score (nSPS) is 15.2. The first-order chi connectivity index (χ1) is 7.75. The first kappa shape index (κ1) is 10.3. The van der Waals surface area contributed by atoms with E-state index in [1.165, 1.54) is 0 Å². The van der Waals surface area contributed by atoms with Crippen LogP contribution in [0.1, 0.15) is 18.5 Å². The maximum atomic E-state index is 11.6. The molecule has 16 heavy (non-hydrogen) atoms. The molecule has 0 spiro atoms. The number of nitrogens with zero attached hydrogens (tertiary/aromatic N) is 2. The van der Waals surface area contributed by atoms with Gasteiger partial charge in [0.2, 0.25) is 5.91 Å². The molecule has 3 N–H and O–H groups in total. The number of carbonyl (C=O) groups excluding carboxylic acids is 2. The van der Waals surface area contributed by atoms with E-state index in [0.717, 1.165) is 5.69 Å². The van der Waals surface area contributed by atoms with E-state index in [-0.39, 0.29) is 11.8 Å². The van der Waals surface area contributed by atoms with Gasteiger partial charge in [-0.2, -0.15) is 5.10 Å². The van der Waals surface area contributed by atoms with Gasteiger partial charge in [0.05, 0.1) is 18.6 Å². The van der Waals surface area contributed by atoms with Crippen LogP contribution >= 0.6 is 0 Å². The Morgan fingerprint density at radius 1 is 1.50 bits per heavy atom. The zero-order valence-electron chi connectivity index (χ0n) is 8.49. The van der Waals surface area contributed by atoms with Crippen molar-refractivity contribution in [3.63, 3.8) is 0 Å². The van der Waals surface area contributed by atoms with Gasteiger partial charge in [-0.1, -0.05) is 0 Å². The first-order valence-electron chi connectivity index (χ1n) is 4.86. The minimum Gasteiger partial charge on any atom is -0.347 e. The molecule has 7 nitrogen and oxygen atoms in total. The quantitative estimate of drug-likeness (QED) is 0.628. The summed E-state index contributed by atoms with van der Waals surface area (Å²) in [7, 11) is 0. The monoisotopic (exact) mass is 221 g/mol. The fourth-order valence-electron chi connectivity index (χ4n) is 1.30. The third kappa shape index (κ3) is 2.44. The molecule has 0 saturated heterocycles. The number of hydrazone groups is 1. The van der Waals surface area contributed by atoms with E-state index in [4.69, 9.17) is 0 Å². The van der Waals surface area contributed by atoms with Gasteiger partial charge in [-0.15, -0.1) is 0 Å². The zero-order valence-corrected chi connectivity index (χ0v) is 8.49. The van der Waals surface area contributed by atoms with Gasteiger partial charge in [0.15, 0.2) is 0 Å². The molecule has 1 aromatic rings. The van der Waals surface area contributed by atoms with Gasteiger partial charge in [-0.05, 0) is 0 Å². The molecule has 1 aromatic heterocycles. The summed E-state index contributed by atoms with van der Waals surface area (Å²) in [4.78, 5) is 29.1. The van der Waals surface area contributed by atoms with E-state index in [0.29, 0.717) is 25.1 Å². The molecular formula is C9H11N5O2. The number of imidazole rings is 1. The summed E-state index contributed by atoms with van der Waals surface area (Å²) in [6.07, 6.45) is 3.85. The standard InChI is InChI=1S/C9H11N5O2/c15-8-2-1-7(13-14-8)9(16)11-4-6-3-10-5-12-6/h3,5H,1-2,4H2,(H,10,12)(H,11,16)(H,14,15). The summed E-state index contributed by atoms with van der Waals surface area (Å²) in [6, 6.07) is 0. The summed E-state index contributed by atoms with van der Waals surface area (Å²) in [5, 5.41) is 6.37. The second kappa shape index (κ2) is 4.56. The molecule has 1 aliphatic heterocycles. The van der Waals surface area contributed by atoms with Gasteiger partial charge in [-0.3, -0.25) is 9.59 Å². The number of H-pyrrole nitrogens is 1. The molecule has 2 rings (SSSR count). The Kier molecular flexibility index (Phi) is 2.95. The number of hydrogen-bond acceptors (Lipinski definition) is 4. The van der Waals surface area contributed by atoms with Gasteiger partial charge < -0.3 is 10.3 Å². The van der Waals surface area contributed by atoms with Gasteiger partial charge in [0.1, 0.15) is 5.71 Å². The van der Waals surface area contributed by atoms with Gasteiger partial charge in [0, 0.05) is 19.0 Å². The SMILES string of the molecule is O=C1CCC(C(=O)NCc2cnc[nH]2)=NN1. The highest BCUT2D eigenvalue weighted by molar-refractivity contribution is 6.39. The van der Waals surface area contributed by atoms with Crippen molar-refractivity contribution < 1.29 is 9.59 Å². The number of nitrogens with one attached hydrogen (secondary N) is 3. The second-order valence-electron chi connectivity index (χ2n) is 3.35. The summed E-state index contributed by atoms with van der Waals surface area (Å²) in [6.45, 7) is 0.367. The molecule has 1 aliphatic rings. The lowest BCUT2D eigenvalue weighted by Crippen LogP contribution is -2.36. The number of carbonyl (C=O) groups is 2. The number of aromatic amines is 1. The average Bonchev–Trinajstić information content (AvgIpc) is 2.80. The third-order valence-electron chi connectivity index (χ3n) is 2.16. The number of amides is 2. The lowest BCUT2D eigenvalue weighted by Gasteiger charge is -2.11. The molecule has 0 saturated carbocycles. The molecule has 0 bridgehead atoms. The van der Waals surface area contributed by atoms with Gasteiger partial charge in [-0.25, -0.2) is 10.4 Å². The Labute approximate surface area is 91.3 Å². The molecule has 0 radical (unpaired) electrons. The third-order valence-corrected chi connectivity index (χ3v) is 2.16. The Balaban J connectivity index is 1.86. The van der Waals surface area contributed by atoms with E-state index >= 15 is 0 Å². The van der Waals surface area contributed by atoms with Gasteiger partial charge in [0.25, 0.3) is 5.91 Å². The minimum absolute atomic E-state index is 0.162. The van der Waals surface area contributed by atoms with Crippen molar-refractivity contribution >= 4 is 17.5 Å². The first-order valence-corrected chi connectivity index (χ1v) is 4.86. The molecule has 0 aliphatic carbocycles. The molecular weight excluding hydrogens is 210 g/mol. The Morgan fingerprint density at radius 2 is 2.38 bits per heavy atom. The van der Waals surface area contributed by atoms with E-state index in [1.54, 1.807) is 12.5 Å². The van der Waals surface area contributed by atoms with Crippen LogP contribution in [-0.4, -0.2) is 27.5 Å². The van der Waals surface area contributed by atoms with Crippen LogP contribution in [-0.2, 0) is 16.1 Å². The highest BCUT2D eigenvalue weighted by atomic mass is 16.2. The Hall–Kier alpha value is -2.18. The maximum Gasteiger partial charge on any atom is 0.267 e. The predicted molar refractivity (Wildman–Crippen MR) is 55.2 cm³/mol. The Bertz CT molecular complexity index is 423. The lowest BCUT2D eigenvalue weighted by molar-refractivity contribution is -0.121. The van der Waals surface area contributed by atoms with E-state index in [1.807, 2.05) is 0 Å². The van der Waals surface area contributed by atoms with Crippen molar-refractivity contribution in [3.05, 3.63) is 18.2 Å². The summed E-state index contributed by atoms with van der Waals surface area (Å²) in [5.74, 6) is -0.431. The van der Waals surface area contributed by atoms with Crippen LogP contribution in [0.3, 0.4) is 0 Å². The summed E-state index contributed by atoms with van der Waals surface area (Å²) >= 11 is 0. The minimum atomic E-state index is -0.269. The maximum absolute atomic E-state index is 11.6. The molecule has 0 unspecified atom stereocenters. The predicted octanol–water partition coefficient (Wildman–Crippen LogP) is -0.708. The average molecular weight is 221 g/mol. The number of aromatic nitrogens is 2. The fourth-order valence-corrected chi connectivity index (χ4v) is 1.30. The zero-order chi connectivity index (χ0) is 11.4. The van der Waals surface area contributed by atoms with E-state index < -0.39 is 0 Å². The van der Waals surface area contributed by atoms with E-state index in [9.17, 15) is 9.59 Å². The van der Waals surface area contributed by atoms with Gasteiger partial charge >= 0.3 is 0 Å². The van der Waals surface area contributed by atoms with Crippen LogP contribution in [0, 0.1) is 0 Å². The van der Waals surface area contributed by atoms with E-state index in [2.05, 4.69) is 25.8 Å². The van der Waals surface area contributed by atoms with Crippen molar-refractivity contribution in [2.24, 2.45) is 5.10 Å². The summed E-state index contributed by atoms with van der Waals surface area (Å²) < 4.78 is 0. The topological polar surface area (TPSA) is 99.2 Å². The van der Waals surface area contributed by atoms with Crippen molar-refractivity contribution in [2.45, 2.75) is 19.4 Å². The summed E-state index contributed by atoms with van der Waals surface area (Å²) in [5.41, 5.74) is 3.43. The molecule has 2 amide bonds. The number of hydrogen-bond donors (Lipinski definition) is 3. The molecule has 0 atom stereocenters. The highest BCUT2D eigenvalue weighted by Gasteiger charge is 2.17.